The molecule has 76 valence electrons. The Kier molecular flexibility index (Phi) is 2.77. The van der Waals surface area contributed by atoms with Crippen molar-refractivity contribution in [3.05, 3.63) is 11.9 Å². The van der Waals surface area contributed by atoms with Gasteiger partial charge in [0.2, 0.25) is 0 Å². The molecule has 5 heteroatoms. The average molecular weight is 210 g/mol. The van der Waals surface area contributed by atoms with Crippen molar-refractivity contribution in [3.63, 3.8) is 0 Å². The summed E-state index contributed by atoms with van der Waals surface area (Å²) in [6.07, 6.45) is 2.95. The molecule has 2 rings (SSSR count). The van der Waals surface area contributed by atoms with Crippen LogP contribution in [0.5, 0.6) is 0 Å². The van der Waals surface area contributed by atoms with E-state index in [1.165, 1.54) is 0 Å². The molecule has 2 heterocycles. The Labute approximate surface area is 87.8 Å². The highest BCUT2D eigenvalue weighted by molar-refractivity contribution is 8.14. The SMILES string of the molecule is CCc1nn(C)cc1NC1=NCCS1. The molecular formula is C9H14N4S. The lowest BCUT2D eigenvalue weighted by Crippen LogP contribution is -2.05. The van der Waals surface area contributed by atoms with Gasteiger partial charge in [-0.15, -0.1) is 0 Å². The minimum Gasteiger partial charge on any atom is -0.332 e. The number of aryl methyl sites for hydroxylation is 2. The first-order chi connectivity index (χ1) is 6.79. The Morgan fingerprint density at radius 1 is 1.64 bits per heavy atom. The molecule has 0 saturated heterocycles. The molecule has 0 atom stereocenters. The van der Waals surface area contributed by atoms with Crippen molar-refractivity contribution in [1.29, 1.82) is 0 Å². The van der Waals surface area contributed by atoms with Crippen molar-refractivity contribution in [1.82, 2.24) is 9.78 Å². The fraction of sp³-hybridized carbons (Fsp3) is 0.556. The van der Waals surface area contributed by atoms with Crippen molar-refractivity contribution in [3.8, 4) is 0 Å². The molecule has 0 radical (unpaired) electrons. The smallest absolute Gasteiger partial charge is 0.161 e. The predicted octanol–water partition coefficient (Wildman–Crippen LogP) is 1.50. The van der Waals surface area contributed by atoms with Crippen LogP contribution in [0, 0.1) is 0 Å². The number of amidine groups is 1. The molecule has 0 saturated carbocycles. The van der Waals surface area contributed by atoms with Crippen molar-refractivity contribution in [2.24, 2.45) is 12.0 Å². The first kappa shape index (κ1) is 9.58. The second-order valence-electron chi connectivity index (χ2n) is 3.18. The molecular weight excluding hydrogens is 196 g/mol. The molecule has 0 spiro atoms. The highest BCUT2D eigenvalue weighted by atomic mass is 32.2. The maximum absolute atomic E-state index is 4.36. The molecule has 14 heavy (non-hydrogen) atoms. The summed E-state index contributed by atoms with van der Waals surface area (Å²) >= 11 is 1.77. The average Bonchev–Trinajstić information content (AvgIpc) is 2.76. The van der Waals surface area contributed by atoms with E-state index in [4.69, 9.17) is 0 Å². The third kappa shape index (κ3) is 1.92. The van der Waals surface area contributed by atoms with Gasteiger partial charge in [-0.2, -0.15) is 5.10 Å². The summed E-state index contributed by atoms with van der Waals surface area (Å²) < 4.78 is 1.83. The van der Waals surface area contributed by atoms with Gasteiger partial charge in [-0.25, -0.2) is 0 Å². The minimum absolute atomic E-state index is 0.925. The number of hydrogen-bond acceptors (Lipinski definition) is 4. The Morgan fingerprint density at radius 2 is 2.50 bits per heavy atom. The molecule has 1 aliphatic rings. The van der Waals surface area contributed by atoms with Crippen LogP contribution >= 0.6 is 11.8 Å². The lowest BCUT2D eigenvalue weighted by molar-refractivity contribution is 0.746. The van der Waals surface area contributed by atoms with Gasteiger partial charge in [0.1, 0.15) is 0 Å². The van der Waals surface area contributed by atoms with E-state index in [1.54, 1.807) is 11.8 Å². The van der Waals surface area contributed by atoms with Gasteiger partial charge in [-0.3, -0.25) is 9.67 Å². The lowest BCUT2D eigenvalue weighted by Gasteiger charge is -2.02. The summed E-state index contributed by atoms with van der Waals surface area (Å²) in [5, 5.41) is 8.69. The number of nitrogens with one attached hydrogen (secondary N) is 1. The minimum atomic E-state index is 0.925. The number of hydrogen-bond donors (Lipinski definition) is 1. The molecule has 1 N–H and O–H groups in total. The van der Waals surface area contributed by atoms with Crippen molar-refractivity contribution in [2.75, 3.05) is 17.6 Å². The third-order valence-corrected chi connectivity index (χ3v) is 2.96. The molecule has 0 unspecified atom stereocenters. The van der Waals surface area contributed by atoms with E-state index in [2.05, 4.69) is 22.3 Å². The van der Waals surface area contributed by atoms with Crippen LogP contribution in [0.1, 0.15) is 12.6 Å². The summed E-state index contributed by atoms with van der Waals surface area (Å²) in [6, 6.07) is 0. The second kappa shape index (κ2) is 4.04. The van der Waals surface area contributed by atoms with Gasteiger partial charge in [0.25, 0.3) is 0 Å². The van der Waals surface area contributed by atoms with Gasteiger partial charge >= 0.3 is 0 Å². The van der Waals surface area contributed by atoms with Crippen LogP contribution in [0.4, 0.5) is 5.69 Å². The van der Waals surface area contributed by atoms with Gasteiger partial charge < -0.3 is 5.32 Å². The highest BCUT2D eigenvalue weighted by Crippen LogP contribution is 2.18. The number of aromatic nitrogens is 2. The largest absolute Gasteiger partial charge is 0.332 e. The predicted molar refractivity (Wildman–Crippen MR) is 61.0 cm³/mol. The number of thioether (sulfide) groups is 1. The van der Waals surface area contributed by atoms with Crippen LogP contribution in [0.25, 0.3) is 0 Å². The highest BCUT2D eigenvalue weighted by Gasteiger charge is 2.11. The van der Waals surface area contributed by atoms with Crippen LogP contribution < -0.4 is 5.32 Å². The molecule has 0 aliphatic carbocycles. The Bertz CT molecular complexity index is 356. The Balaban J connectivity index is 2.14. The summed E-state index contributed by atoms with van der Waals surface area (Å²) in [5.74, 6) is 1.09. The zero-order valence-corrected chi connectivity index (χ0v) is 9.27. The van der Waals surface area contributed by atoms with Crippen LogP contribution in [-0.2, 0) is 13.5 Å². The van der Waals surface area contributed by atoms with Gasteiger partial charge in [-0.1, -0.05) is 18.7 Å². The Hall–Kier alpha value is -0.970. The summed E-state index contributed by atoms with van der Waals surface area (Å²) in [7, 11) is 1.94. The topological polar surface area (TPSA) is 42.2 Å². The quantitative estimate of drug-likeness (QED) is 0.804. The normalized spacial score (nSPS) is 15.7. The van der Waals surface area contributed by atoms with Gasteiger partial charge in [0, 0.05) is 19.0 Å². The summed E-state index contributed by atoms with van der Waals surface area (Å²) in [4.78, 5) is 4.35. The summed E-state index contributed by atoms with van der Waals surface area (Å²) in [5.41, 5.74) is 2.19. The maximum atomic E-state index is 4.36. The van der Waals surface area contributed by atoms with E-state index < -0.39 is 0 Å². The Morgan fingerprint density at radius 3 is 3.14 bits per heavy atom. The molecule has 0 amide bonds. The van der Waals surface area contributed by atoms with Crippen LogP contribution in [0.2, 0.25) is 0 Å². The zero-order chi connectivity index (χ0) is 9.97. The van der Waals surface area contributed by atoms with E-state index in [0.717, 1.165) is 35.3 Å². The standard InChI is InChI=1S/C9H14N4S/c1-3-7-8(6-13(2)12-7)11-9-10-4-5-14-9/h6H,3-5H2,1-2H3,(H,10,11). The molecule has 4 nitrogen and oxygen atoms in total. The molecule has 1 aromatic heterocycles. The van der Waals surface area contributed by atoms with Crippen LogP contribution in [0.3, 0.4) is 0 Å². The fourth-order valence-electron chi connectivity index (χ4n) is 1.43. The van der Waals surface area contributed by atoms with E-state index in [1.807, 2.05) is 17.9 Å². The zero-order valence-electron chi connectivity index (χ0n) is 8.45. The van der Waals surface area contributed by atoms with Crippen molar-refractivity contribution < 1.29 is 0 Å². The van der Waals surface area contributed by atoms with Crippen LogP contribution in [0.15, 0.2) is 11.2 Å². The van der Waals surface area contributed by atoms with E-state index in [-0.39, 0.29) is 0 Å². The summed E-state index contributed by atoms with van der Waals surface area (Å²) in [6.45, 7) is 3.03. The first-order valence-corrected chi connectivity index (χ1v) is 5.75. The molecule has 0 fully saturated rings. The second-order valence-corrected chi connectivity index (χ2v) is 4.26. The number of nitrogens with zero attached hydrogens (tertiary/aromatic N) is 3. The number of aliphatic imine (C=N–C) groups is 1. The monoisotopic (exact) mass is 210 g/mol. The van der Waals surface area contributed by atoms with Gasteiger partial charge in [-0.05, 0) is 6.42 Å². The molecule has 0 bridgehead atoms. The number of rotatable bonds is 2. The van der Waals surface area contributed by atoms with Crippen LogP contribution in [-0.4, -0.2) is 27.2 Å². The third-order valence-electron chi connectivity index (χ3n) is 2.07. The van der Waals surface area contributed by atoms with E-state index in [0.29, 0.717) is 0 Å². The van der Waals surface area contributed by atoms with E-state index >= 15 is 0 Å². The lowest BCUT2D eigenvalue weighted by atomic mass is 10.3. The van der Waals surface area contributed by atoms with Gasteiger partial charge in [0.15, 0.2) is 5.17 Å². The van der Waals surface area contributed by atoms with Crippen molar-refractivity contribution in [2.45, 2.75) is 13.3 Å². The molecule has 1 aromatic rings. The molecule has 0 aromatic carbocycles. The van der Waals surface area contributed by atoms with E-state index in [9.17, 15) is 0 Å². The maximum Gasteiger partial charge on any atom is 0.161 e. The fourth-order valence-corrected chi connectivity index (χ4v) is 2.17. The molecule has 1 aliphatic heterocycles. The van der Waals surface area contributed by atoms with Crippen molar-refractivity contribution >= 4 is 22.6 Å². The van der Waals surface area contributed by atoms with Gasteiger partial charge in [0.05, 0.1) is 17.9 Å². The first-order valence-electron chi connectivity index (χ1n) is 4.76. The number of anilines is 1.